The van der Waals surface area contributed by atoms with Crippen molar-refractivity contribution in [1.29, 1.82) is 5.41 Å². The number of nitrogens with one attached hydrogen (secondary N) is 4. The molecule has 1 aliphatic rings. The van der Waals surface area contributed by atoms with Gasteiger partial charge in [0, 0.05) is 29.3 Å². The molecule has 0 spiro atoms. The Bertz CT molecular complexity index is 616. The van der Waals surface area contributed by atoms with E-state index in [-0.39, 0.29) is 11.7 Å². The van der Waals surface area contributed by atoms with E-state index in [4.69, 9.17) is 5.41 Å². The molecule has 1 atom stereocenters. The van der Waals surface area contributed by atoms with Crippen LogP contribution in [0.15, 0.2) is 16.7 Å². The van der Waals surface area contributed by atoms with Crippen LogP contribution in [0.5, 0.6) is 0 Å². The molecule has 1 aromatic rings. The molecule has 0 radical (unpaired) electrons. The van der Waals surface area contributed by atoms with Crippen LogP contribution < -0.4 is 16.0 Å². The zero-order valence-corrected chi connectivity index (χ0v) is 17.3. The molecule has 0 aromatic carbocycles. The number of carbonyl (C=O) groups is 1. The molecule has 1 heterocycles. The van der Waals surface area contributed by atoms with E-state index in [1.54, 1.807) is 19.2 Å². The molecule has 26 heavy (non-hydrogen) atoms. The Hall–Kier alpha value is -1.47. The first-order valence-electron chi connectivity index (χ1n) is 9.51. The summed E-state index contributed by atoms with van der Waals surface area (Å²) in [5.41, 5.74) is 0.444. The Morgan fingerprint density at radius 3 is 2.77 bits per heavy atom. The van der Waals surface area contributed by atoms with E-state index in [9.17, 15) is 4.79 Å². The summed E-state index contributed by atoms with van der Waals surface area (Å²) in [6.07, 6.45) is 10.3. The van der Waals surface area contributed by atoms with Gasteiger partial charge in [-0.3, -0.25) is 10.2 Å². The summed E-state index contributed by atoms with van der Waals surface area (Å²) in [5, 5.41) is 17.1. The van der Waals surface area contributed by atoms with Crippen LogP contribution in [-0.4, -0.2) is 35.4 Å². The maximum atomic E-state index is 12.3. The highest BCUT2D eigenvalue weighted by Gasteiger charge is 2.18. The Kier molecular flexibility index (Phi) is 8.51. The SMILES string of the molecule is CCC(CCNc1ncc(Br)cc1C(=O)NC(C)=N)NC1CCCCC1. The minimum Gasteiger partial charge on any atom is -0.369 e. The molecule has 1 unspecified atom stereocenters. The van der Waals surface area contributed by atoms with Gasteiger partial charge in [-0.15, -0.1) is 0 Å². The van der Waals surface area contributed by atoms with Crippen LogP contribution in [0, 0.1) is 5.41 Å². The van der Waals surface area contributed by atoms with E-state index in [1.165, 1.54) is 32.1 Å². The maximum absolute atomic E-state index is 12.3. The van der Waals surface area contributed by atoms with Crippen LogP contribution in [0.4, 0.5) is 5.82 Å². The van der Waals surface area contributed by atoms with Crippen molar-refractivity contribution < 1.29 is 4.79 Å². The van der Waals surface area contributed by atoms with Gasteiger partial charge in [-0.2, -0.15) is 0 Å². The number of nitrogens with zero attached hydrogens (tertiary/aromatic N) is 1. The molecule has 1 fully saturated rings. The minimum absolute atomic E-state index is 0.114. The second-order valence-electron chi connectivity index (χ2n) is 6.95. The van der Waals surface area contributed by atoms with Crippen LogP contribution in [0.1, 0.15) is 69.2 Å². The normalized spacial score (nSPS) is 16.1. The molecule has 0 aliphatic heterocycles. The van der Waals surface area contributed by atoms with Crippen LogP contribution in [0.25, 0.3) is 0 Å². The van der Waals surface area contributed by atoms with Gasteiger partial charge in [0.2, 0.25) is 0 Å². The molecule has 4 N–H and O–H groups in total. The minimum atomic E-state index is -0.318. The lowest BCUT2D eigenvalue weighted by molar-refractivity contribution is 0.0977. The van der Waals surface area contributed by atoms with E-state index in [0.717, 1.165) is 23.9 Å². The van der Waals surface area contributed by atoms with Crippen molar-refractivity contribution in [3.63, 3.8) is 0 Å². The third-order valence-electron chi connectivity index (χ3n) is 4.75. The van der Waals surface area contributed by atoms with Gasteiger partial charge in [0.15, 0.2) is 0 Å². The van der Waals surface area contributed by atoms with Crippen LogP contribution in [-0.2, 0) is 0 Å². The Balaban J connectivity index is 1.91. The van der Waals surface area contributed by atoms with Gasteiger partial charge >= 0.3 is 0 Å². The van der Waals surface area contributed by atoms with Gasteiger partial charge in [-0.05, 0) is 54.6 Å². The van der Waals surface area contributed by atoms with Gasteiger partial charge < -0.3 is 16.0 Å². The lowest BCUT2D eigenvalue weighted by Gasteiger charge is -2.28. The van der Waals surface area contributed by atoms with E-state index in [0.29, 0.717) is 23.5 Å². The summed E-state index contributed by atoms with van der Waals surface area (Å²) < 4.78 is 0.737. The zero-order chi connectivity index (χ0) is 18.9. The highest BCUT2D eigenvalue weighted by Crippen LogP contribution is 2.20. The smallest absolute Gasteiger partial charge is 0.260 e. The number of halogens is 1. The van der Waals surface area contributed by atoms with Crippen molar-refractivity contribution in [2.45, 2.75) is 70.9 Å². The molecule has 1 aliphatic carbocycles. The number of carbonyl (C=O) groups excluding carboxylic acids is 1. The second-order valence-corrected chi connectivity index (χ2v) is 7.87. The van der Waals surface area contributed by atoms with Gasteiger partial charge in [0.25, 0.3) is 5.91 Å². The van der Waals surface area contributed by atoms with Gasteiger partial charge in [0.05, 0.1) is 11.4 Å². The Labute approximate surface area is 164 Å². The zero-order valence-electron chi connectivity index (χ0n) is 15.7. The average Bonchev–Trinajstić information content (AvgIpc) is 2.62. The number of hydrogen-bond donors (Lipinski definition) is 4. The van der Waals surface area contributed by atoms with Crippen LogP contribution >= 0.6 is 15.9 Å². The summed E-state index contributed by atoms with van der Waals surface area (Å²) in [7, 11) is 0. The molecule has 1 aromatic heterocycles. The highest BCUT2D eigenvalue weighted by molar-refractivity contribution is 9.10. The van der Waals surface area contributed by atoms with E-state index in [1.807, 2.05) is 0 Å². The lowest BCUT2D eigenvalue weighted by Crippen LogP contribution is -2.40. The number of amidine groups is 1. The average molecular weight is 424 g/mol. The number of anilines is 1. The molecular weight excluding hydrogens is 394 g/mol. The summed E-state index contributed by atoms with van der Waals surface area (Å²) in [6.45, 7) is 4.50. The molecule has 7 heteroatoms. The van der Waals surface area contributed by atoms with Crippen molar-refractivity contribution in [3.8, 4) is 0 Å². The third kappa shape index (κ3) is 6.68. The third-order valence-corrected chi connectivity index (χ3v) is 5.19. The van der Waals surface area contributed by atoms with E-state index >= 15 is 0 Å². The first-order valence-corrected chi connectivity index (χ1v) is 10.3. The predicted octanol–water partition coefficient (Wildman–Crippen LogP) is 4.07. The molecule has 1 amide bonds. The largest absolute Gasteiger partial charge is 0.369 e. The molecule has 0 saturated heterocycles. The van der Waals surface area contributed by atoms with Crippen molar-refractivity contribution in [2.75, 3.05) is 11.9 Å². The summed E-state index contributed by atoms with van der Waals surface area (Å²) in [6, 6.07) is 2.85. The molecular formula is C19H30BrN5O. The van der Waals surface area contributed by atoms with Crippen molar-refractivity contribution in [3.05, 3.63) is 22.3 Å². The summed E-state index contributed by atoms with van der Waals surface area (Å²) in [5.74, 6) is 0.351. The van der Waals surface area contributed by atoms with Gasteiger partial charge in [0.1, 0.15) is 5.82 Å². The standard InChI is InChI=1S/C19H30BrN5O/c1-3-15(25-16-7-5-4-6-8-16)9-10-22-18-17(11-14(20)12-23-18)19(26)24-13(2)21/h11-12,15-16,25H,3-10H2,1-2H3,(H,22,23)(H2,21,24,26). The van der Waals surface area contributed by atoms with Crippen molar-refractivity contribution >= 4 is 33.5 Å². The van der Waals surface area contributed by atoms with Gasteiger partial charge in [-0.1, -0.05) is 26.2 Å². The first kappa shape index (κ1) is 20.8. The first-order chi connectivity index (χ1) is 12.5. The molecule has 0 bridgehead atoms. The monoisotopic (exact) mass is 423 g/mol. The molecule has 1 saturated carbocycles. The predicted molar refractivity (Wildman–Crippen MR) is 110 cm³/mol. The number of hydrogen-bond acceptors (Lipinski definition) is 5. The van der Waals surface area contributed by atoms with Crippen molar-refractivity contribution in [1.82, 2.24) is 15.6 Å². The number of pyridine rings is 1. The van der Waals surface area contributed by atoms with E-state index < -0.39 is 0 Å². The maximum Gasteiger partial charge on any atom is 0.260 e. The fourth-order valence-corrected chi connectivity index (χ4v) is 3.69. The molecule has 144 valence electrons. The van der Waals surface area contributed by atoms with Gasteiger partial charge in [-0.25, -0.2) is 4.98 Å². The summed E-state index contributed by atoms with van der Waals surface area (Å²) >= 11 is 3.35. The topological polar surface area (TPSA) is 89.9 Å². The number of aromatic nitrogens is 1. The quantitative estimate of drug-likeness (QED) is 0.374. The molecule has 2 rings (SSSR count). The van der Waals surface area contributed by atoms with E-state index in [2.05, 4.69) is 43.8 Å². The number of rotatable bonds is 8. The lowest BCUT2D eigenvalue weighted by atomic mass is 9.94. The summed E-state index contributed by atoms with van der Waals surface area (Å²) in [4.78, 5) is 16.6. The fourth-order valence-electron chi connectivity index (χ4n) is 3.36. The second kappa shape index (κ2) is 10.6. The highest BCUT2D eigenvalue weighted by atomic mass is 79.9. The molecule has 6 nitrogen and oxygen atoms in total. The van der Waals surface area contributed by atoms with Crippen LogP contribution in [0.2, 0.25) is 0 Å². The fraction of sp³-hybridized carbons (Fsp3) is 0.632. The van der Waals surface area contributed by atoms with Crippen molar-refractivity contribution in [2.24, 2.45) is 0 Å². The Morgan fingerprint density at radius 1 is 1.38 bits per heavy atom. The Morgan fingerprint density at radius 2 is 2.12 bits per heavy atom. The number of amides is 1. The van der Waals surface area contributed by atoms with Crippen LogP contribution in [0.3, 0.4) is 0 Å².